The molecule has 0 aliphatic rings. The number of hydrogen-bond donors (Lipinski definition) is 1. The van der Waals surface area contributed by atoms with E-state index in [1.807, 2.05) is 0 Å². The minimum atomic E-state index is -4.51. The Labute approximate surface area is 127 Å². The van der Waals surface area contributed by atoms with Gasteiger partial charge in [-0.1, -0.05) is 23.9 Å². The van der Waals surface area contributed by atoms with E-state index in [2.05, 4.69) is 10.2 Å². The summed E-state index contributed by atoms with van der Waals surface area (Å²) in [6, 6.07) is 4.94. The van der Waals surface area contributed by atoms with E-state index in [-0.39, 0.29) is 23.1 Å². The molecule has 1 heterocycles. The van der Waals surface area contributed by atoms with Gasteiger partial charge in [0.2, 0.25) is 5.89 Å². The van der Waals surface area contributed by atoms with Crippen molar-refractivity contribution >= 4 is 17.7 Å². The molecule has 0 amide bonds. The number of aliphatic carboxylic acids is 1. The van der Waals surface area contributed by atoms with E-state index in [0.29, 0.717) is 12.2 Å². The monoisotopic (exact) mass is 332 g/mol. The molecule has 0 fully saturated rings. The average Bonchev–Trinajstić information content (AvgIpc) is 2.91. The second kappa shape index (κ2) is 6.82. The standard InChI is InChI=1S/C13H11F3N2O3S/c14-13(15,16)9-5-2-1-4-8(9)11-17-18-12(21-11)22-7-3-6-10(19)20/h1-2,4-5H,3,6-7H2,(H,19,20). The van der Waals surface area contributed by atoms with Crippen molar-refractivity contribution in [3.8, 4) is 11.5 Å². The molecule has 0 aliphatic carbocycles. The topological polar surface area (TPSA) is 76.2 Å². The highest BCUT2D eigenvalue weighted by molar-refractivity contribution is 7.99. The maximum atomic E-state index is 12.9. The molecule has 1 aromatic carbocycles. The summed E-state index contributed by atoms with van der Waals surface area (Å²) in [5, 5.41) is 15.9. The van der Waals surface area contributed by atoms with Crippen molar-refractivity contribution in [3.63, 3.8) is 0 Å². The summed E-state index contributed by atoms with van der Waals surface area (Å²) in [6.07, 6.45) is -4.11. The first-order chi connectivity index (χ1) is 10.4. The van der Waals surface area contributed by atoms with E-state index in [1.54, 1.807) is 0 Å². The lowest BCUT2D eigenvalue weighted by Gasteiger charge is -2.09. The lowest BCUT2D eigenvalue weighted by molar-refractivity contribution is -0.138. The molecular formula is C13H11F3N2O3S. The number of thioether (sulfide) groups is 1. The van der Waals surface area contributed by atoms with Gasteiger partial charge in [-0.2, -0.15) is 13.2 Å². The second-order valence-corrected chi connectivity index (χ2v) is 5.31. The molecule has 1 aromatic heterocycles. The molecule has 22 heavy (non-hydrogen) atoms. The highest BCUT2D eigenvalue weighted by Crippen LogP contribution is 2.36. The van der Waals surface area contributed by atoms with Crippen LogP contribution in [-0.4, -0.2) is 27.0 Å². The van der Waals surface area contributed by atoms with E-state index in [9.17, 15) is 18.0 Å². The first kappa shape index (κ1) is 16.3. The lowest BCUT2D eigenvalue weighted by atomic mass is 10.1. The summed E-state index contributed by atoms with van der Waals surface area (Å²) in [7, 11) is 0. The molecule has 0 radical (unpaired) electrons. The number of halogens is 3. The van der Waals surface area contributed by atoms with Gasteiger partial charge in [0.05, 0.1) is 11.1 Å². The highest BCUT2D eigenvalue weighted by atomic mass is 32.2. The Bertz CT molecular complexity index is 658. The zero-order valence-electron chi connectivity index (χ0n) is 11.1. The van der Waals surface area contributed by atoms with Crippen molar-refractivity contribution in [2.75, 3.05) is 5.75 Å². The Kier molecular flexibility index (Phi) is 5.07. The molecule has 1 N–H and O–H groups in total. The molecule has 9 heteroatoms. The molecule has 5 nitrogen and oxygen atoms in total. The van der Waals surface area contributed by atoms with Crippen LogP contribution in [0.5, 0.6) is 0 Å². The largest absolute Gasteiger partial charge is 0.481 e. The predicted octanol–water partition coefficient (Wildman–Crippen LogP) is 3.71. The number of nitrogens with zero attached hydrogens (tertiary/aromatic N) is 2. The van der Waals surface area contributed by atoms with Crippen molar-refractivity contribution in [2.24, 2.45) is 0 Å². The number of alkyl halides is 3. The minimum absolute atomic E-state index is 0.00486. The Morgan fingerprint density at radius 1 is 1.27 bits per heavy atom. The van der Waals surface area contributed by atoms with Crippen LogP contribution in [0.4, 0.5) is 13.2 Å². The zero-order chi connectivity index (χ0) is 16.2. The molecule has 118 valence electrons. The van der Waals surface area contributed by atoms with Gasteiger partial charge in [-0.3, -0.25) is 4.79 Å². The fourth-order valence-corrected chi connectivity index (χ4v) is 2.38. The predicted molar refractivity (Wildman–Crippen MR) is 72.3 cm³/mol. The van der Waals surface area contributed by atoms with E-state index < -0.39 is 17.7 Å². The smallest absolute Gasteiger partial charge is 0.417 e. The molecule has 0 aliphatic heterocycles. The van der Waals surface area contributed by atoms with Gasteiger partial charge in [0.1, 0.15) is 0 Å². The molecule has 0 spiro atoms. The van der Waals surface area contributed by atoms with Crippen LogP contribution in [0.25, 0.3) is 11.5 Å². The van der Waals surface area contributed by atoms with Crippen molar-refractivity contribution in [1.29, 1.82) is 0 Å². The SMILES string of the molecule is O=C(O)CCCSc1nnc(-c2ccccc2C(F)(F)F)o1. The molecular weight excluding hydrogens is 321 g/mol. The van der Waals surface area contributed by atoms with Crippen LogP contribution in [-0.2, 0) is 11.0 Å². The fraction of sp³-hybridized carbons (Fsp3) is 0.308. The Hall–Kier alpha value is -2.03. The van der Waals surface area contributed by atoms with Gasteiger partial charge in [-0.05, 0) is 18.6 Å². The highest BCUT2D eigenvalue weighted by Gasteiger charge is 2.34. The van der Waals surface area contributed by atoms with E-state index in [4.69, 9.17) is 9.52 Å². The molecule has 2 aromatic rings. The number of rotatable bonds is 6. The van der Waals surface area contributed by atoms with Crippen molar-refractivity contribution in [3.05, 3.63) is 29.8 Å². The third-order valence-corrected chi connectivity index (χ3v) is 3.53. The van der Waals surface area contributed by atoms with Crippen LogP contribution in [0.3, 0.4) is 0 Å². The molecule has 0 saturated carbocycles. The summed E-state index contributed by atoms with van der Waals surface area (Å²) in [5.74, 6) is -0.700. The molecule has 0 bridgehead atoms. The van der Waals surface area contributed by atoms with Gasteiger partial charge in [-0.25, -0.2) is 0 Å². The van der Waals surface area contributed by atoms with Gasteiger partial charge in [0.15, 0.2) is 0 Å². The normalized spacial score (nSPS) is 11.6. The van der Waals surface area contributed by atoms with Crippen LogP contribution < -0.4 is 0 Å². The van der Waals surface area contributed by atoms with Crippen LogP contribution >= 0.6 is 11.8 Å². The van der Waals surface area contributed by atoms with Crippen LogP contribution in [0.15, 0.2) is 33.9 Å². The van der Waals surface area contributed by atoms with E-state index in [0.717, 1.165) is 17.8 Å². The molecule has 0 saturated heterocycles. The van der Waals surface area contributed by atoms with Crippen LogP contribution in [0.1, 0.15) is 18.4 Å². The maximum Gasteiger partial charge on any atom is 0.417 e. The van der Waals surface area contributed by atoms with Crippen molar-refractivity contribution in [2.45, 2.75) is 24.2 Å². The molecule has 0 atom stereocenters. The molecule has 0 unspecified atom stereocenters. The second-order valence-electron chi connectivity index (χ2n) is 4.26. The maximum absolute atomic E-state index is 12.9. The number of aromatic nitrogens is 2. The van der Waals surface area contributed by atoms with Crippen LogP contribution in [0.2, 0.25) is 0 Å². The number of carboxylic acids is 1. The summed E-state index contributed by atoms with van der Waals surface area (Å²) in [6.45, 7) is 0. The lowest BCUT2D eigenvalue weighted by Crippen LogP contribution is -2.06. The van der Waals surface area contributed by atoms with Gasteiger partial charge < -0.3 is 9.52 Å². The molecule has 2 rings (SSSR count). The van der Waals surface area contributed by atoms with Gasteiger partial charge in [0.25, 0.3) is 5.22 Å². The Balaban J connectivity index is 2.10. The van der Waals surface area contributed by atoms with E-state index in [1.165, 1.54) is 18.2 Å². The Morgan fingerprint density at radius 2 is 2.00 bits per heavy atom. The number of hydrogen-bond acceptors (Lipinski definition) is 5. The number of carboxylic acid groups (broad SMARTS) is 1. The third-order valence-electron chi connectivity index (χ3n) is 2.63. The zero-order valence-corrected chi connectivity index (χ0v) is 11.9. The third kappa shape index (κ3) is 4.23. The summed E-state index contributed by atoms with van der Waals surface area (Å²) >= 11 is 1.11. The van der Waals surface area contributed by atoms with Gasteiger partial charge in [-0.15, -0.1) is 10.2 Å². The van der Waals surface area contributed by atoms with Gasteiger partial charge >= 0.3 is 12.1 Å². The van der Waals surface area contributed by atoms with Crippen molar-refractivity contribution in [1.82, 2.24) is 10.2 Å². The van der Waals surface area contributed by atoms with Crippen molar-refractivity contribution < 1.29 is 27.5 Å². The summed E-state index contributed by atoms with van der Waals surface area (Å²) in [4.78, 5) is 10.4. The summed E-state index contributed by atoms with van der Waals surface area (Å²) < 4.78 is 43.9. The van der Waals surface area contributed by atoms with E-state index >= 15 is 0 Å². The first-order valence-electron chi connectivity index (χ1n) is 6.22. The minimum Gasteiger partial charge on any atom is -0.481 e. The number of benzene rings is 1. The quantitative estimate of drug-likeness (QED) is 0.642. The van der Waals surface area contributed by atoms with Crippen LogP contribution in [0, 0.1) is 0 Å². The number of carbonyl (C=O) groups is 1. The van der Waals surface area contributed by atoms with Gasteiger partial charge in [0, 0.05) is 12.2 Å². The first-order valence-corrected chi connectivity index (χ1v) is 7.21. The summed E-state index contributed by atoms with van der Waals surface area (Å²) in [5.41, 5.74) is -1.03. The Morgan fingerprint density at radius 3 is 2.68 bits per heavy atom. The fourth-order valence-electron chi connectivity index (χ4n) is 1.68. The average molecular weight is 332 g/mol.